The van der Waals surface area contributed by atoms with Crippen molar-refractivity contribution in [3.05, 3.63) is 24.3 Å². The highest BCUT2D eigenvalue weighted by atomic mass is 32.3. The standard InChI is InChI=1S/C43H84N3O3.CH4O4S/c1-6-8-10-12-14-16-18-20-22-24-26-28-30-32-34-36-40(48)42(3,44)46(5,38-39-47)43(4,45)41(49)37-35-33-31-29-27-25-23-21-19-17-15-13-11-9-7-2;1-5-6(2,3)4/h20-23,47H,6-19,24-39,44-45H2,1-5H3;1H3,(H,2,3,4)/q+1;/p-1/b22-20-,23-21?;. The second-order valence-corrected chi connectivity index (χ2v) is 17.2. The molecule has 0 saturated heterocycles. The molecule has 0 fully saturated rings. The molecule has 0 heterocycles. The zero-order valence-corrected chi connectivity index (χ0v) is 37.2. The van der Waals surface area contributed by atoms with E-state index in [-0.39, 0.29) is 29.2 Å². The van der Waals surface area contributed by atoms with Gasteiger partial charge >= 0.3 is 0 Å². The van der Waals surface area contributed by atoms with Gasteiger partial charge in [-0.3, -0.25) is 29.7 Å². The second kappa shape index (κ2) is 34.6. The quantitative estimate of drug-likeness (QED) is 0.0138. The van der Waals surface area contributed by atoms with E-state index in [1.165, 1.54) is 116 Å². The van der Waals surface area contributed by atoms with E-state index >= 15 is 0 Å². The van der Waals surface area contributed by atoms with Gasteiger partial charge in [0.1, 0.15) is 6.54 Å². The van der Waals surface area contributed by atoms with E-state index in [0.717, 1.165) is 58.5 Å². The van der Waals surface area contributed by atoms with Gasteiger partial charge in [0, 0.05) is 26.7 Å². The summed E-state index contributed by atoms with van der Waals surface area (Å²) in [4.78, 5) is 27.0. The van der Waals surface area contributed by atoms with Gasteiger partial charge in [-0.05, 0) is 64.2 Å². The zero-order chi connectivity index (χ0) is 41.9. The smallest absolute Gasteiger partial charge is 0.217 e. The molecule has 0 radical (unpaired) electrons. The van der Waals surface area contributed by atoms with Gasteiger partial charge in [-0.2, -0.15) is 0 Å². The topological polar surface area (TPSA) is 173 Å². The van der Waals surface area contributed by atoms with Crippen LogP contribution < -0.4 is 11.5 Å². The summed E-state index contributed by atoms with van der Waals surface area (Å²) in [6.07, 6.45) is 41.3. The van der Waals surface area contributed by atoms with Crippen molar-refractivity contribution in [1.29, 1.82) is 0 Å². The fraction of sp³-hybridized carbons (Fsp3) is 0.864. The Kier molecular flexibility index (Phi) is 35.0. The third-order valence-corrected chi connectivity index (χ3v) is 11.7. The number of carbonyl (C=O) groups is 2. The molecule has 0 aromatic rings. The minimum absolute atomic E-state index is 0.0911. The fourth-order valence-corrected chi connectivity index (χ4v) is 6.92. The molecule has 3 unspecified atom stereocenters. The predicted octanol–water partition coefficient (Wildman–Crippen LogP) is 10.1. The molecule has 0 rings (SSSR count). The molecule has 0 saturated carbocycles. The van der Waals surface area contributed by atoms with Crippen LogP contribution in [0.1, 0.15) is 207 Å². The number of likely N-dealkylation sites (N-methyl/N-ethyl adjacent to an activating group) is 1. The van der Waals surface area contributed by atoms with Gasteiger partial charge in [-0.25, -0.2) is 8.42 Å². The number of aliphatic hydroxyl groups is 1. The minimum Gasteiger partial charge on any atom is -0.726 e. The molecule has 10 nitrogen and oxygen atoms in total. The summed E-state index contributed by atoms with van der Waals surface area (Å²) in [5.41, 5.74) is 10.8. The molecule has 11 heteroatoms. The van der Waals surface area contributed by atoms with E-state index in [1.807, 2.05) is 0 Å². The number of rotatable bonds is 37. The van der Waals surface area contributed by atoms with Crippen molar-refractivity contribution >= 4 is 22.0 Å². The first-order chi connectivity index (χ1) is 26.1. The summed E-state index contributed by atoms with van der Waals surface area (Å²) in [6, 6.07) is 0. The van der Waals surface area contributed by atoms with E-state index in [2.05, 4.69) is 42.3 Å². The number of Topliss-reactive ketones (excluding diaryl/α,β-unsaturated/α-hetero) is 2. The van der Waals surface area contributed by atoms with Gasteiger partial charge in [-0.1, -0.05) is 141 Å². The maximum atomic E-state index is 13.5. The molecule has 0 amide bonds. The van der Waals surface area contributed by atoms with Crippen LogP contribution in [0.25, 0.3) is 0 Å². The van der Waals surface area contributed by atoms with E-state index in [4.69, 9.17) is 11.5 Å². The van der Waals surface area contributed by atoms with Crippen LogP contribution in [0.2, 0.25) is 0 Å². The number of allylic oxidation sites excluding steroid dienone is 4. The van der Waals surface area contributed by atoms with E-state index in [1.54, 1.807) is 20.9 Å². The van der Waals surface area contributed by atoms with Crippen molar-refractivity contribution in [2.75, 3.05) is 27.3 Å². The lowest BCUT2D eigenvalue weighted by molar-refractivity contribution is -0.982. The fourth-order valence-electron chi connectivity index (χ4n) is 6.92. The summed E-state index contributed by atoms with van der Waals surface area (Å²) >= 11 is 0. The summed E-state index contributed by atoms with van der Waals surface area (Å²) in [5.74, 6) is -0.182. The number of unbranched alkanes of at least 4 members (excludes halogenated alkanes) is 22. The van der Waals surface area contributed by atoms with Crippen LogP contribution in [-0.2, 0) is 24.2 Å². The van der Waals surface area contributed by atoms with Crippen LogP contribution in [0.5, 0.6) is 0 Å². The number of quaternary nitrogens is 1. The van der Waals surface area contributed by atoms with Crippen molar-refractivity contribution in [3.63, 3.8) is 0 Å². The van der Waals surface area contributed by atoms with Crippen LogP contribution >= 0.6 is 0 Å². The highest BCUT2D eigenvalue weighted by Gasteiger charge is 2.58. The Morgan fingerprint density at radius 2 is 0.855 bits per heavy atom. The first kappa shape index (κ1) is 55.6. The molecule has 55 heavy (non-hydrogen) atoms. The third-order valence-electron chi connectivity index (χ3n) is 11.3. The molecule has 0 aliphatic rings. The first-order valence-corrected chi connectivity index (χ1v) is 23.3. The molecule has 0 aromatic heterocycles. The number of ketones is 2. The normalized spacial score (nSPS) is 15.4. The second-order valence-electron chi connectivity index (χ2n) is 16.0. The third kappa shape index (κ3) is 27.7. The molecular formula is C44H87N3O7S. The average Bonchev–Trinajstić information content (AvgIpc) is 3.14. The maximum absolute atomic E-state index is 13.5. The van der Waals surface area contributed by atoms with Crippen LogP contribution in [0, 0.1) is 0 Å². The number of nitrogens with zero attached hydrogens (tertiary/aromatic N) is 1. The highest BCUT2D eigenvalue weighted by molar-refractivity contribution is 7.80. The number of carbonyl (C=O) groups excluding carboxylic acids is 2. The van der Waals surface area contributed by atoms with Crippen molar-refractivity contribution in [1.82, 2.24) is 0 Å². The van der Waals surface area contributed by atoms with Gasteiger partial charge in [0.2, 0.25) is 33.3 Å². The lowest BCUT2D eigenvalue weighted by atomic mass is 9.89. The Labute approximate surface area is 339 Å². The monoisotopic (exact) mass is 802 g/mol. The van der Waals surface area contributed by atoms with E-state index < -0.39 is 21.7 Å². The SMILES string of the molecule is CCCCCCCCC=CCCCCCCCC(=O)C(C)(N)[N+](C)(CCO)C(C)(N)C(=O)CCCCCCC/C=C\CCCCCCCC.COS(=O)(=O)[O-]. The largest absolute Gasteiger partial charge is 0.726 e. The molecule has 0 aromatic carbocycles. The van der Waals surface area contributed by atoms with Gasteiger partial charge in [0.15, 0.2) is 0 Å². The lowest BCUT2D eigenvalue weighted by Crippen LogP contribution is -2.82. The maximum Gasteiger partial charge on any atom is 0.217 e. The van der Waals surface area contributed by atoms with Gasteiger partial charge in [0.05, 0.1) is 20.8 Å². The van der Waals surface area contributed by atoms with Crippen LogP contribution in [0.15, 0.2) is 24.3 Å². The Bertz CT molecular complexity index is 1040. The van der Waals surface area contributed by atoms with Crippen LogP contribution in [0.3, 0.4) is 0 Å². The Hall–Kier alpha value is -1.47. The molecule has 0 spiro atoms. The van der Waals surface area contributed by atoms with Gasteiger partial charge in [0.25, 0.3) is 0 Å². The summed E-state index contributed by atoms with van der Waals surface area (Å²) < 4.78 is 30.8. The summed E-state index contributed by atoms with van der Waals surface area (Å²) in [5, 5.41) is 9.97. The number of nitrogens with two attached hydrogens (primary N) is 2. The summed E-state index contributed by atoms with van der Waals surface area (Å²) in [6.45, 7) is 7.87. The molecular weight excluding hydrogens is 715 g/mol. The summed E-state index contributed by atoms with van der Waals surface area (Å²) in [7, 11) is -1.83. The lowest BCUT2D eigenvalue weighted by Gasteiger charge is -2.53. The van der Waals surface area contributed by atoms with Crippen molar-refractivity contribution < 1.29 is 36.3 Å². The number of hydrogen-bond acceptors (Lipinski definition) is 9. The van der Waals surface area contributed by atoms with Crippen LogP contribution in [0.4, 0.5) is 0 Å². The molecule has 0 aliphatic heterocycles. The molecule has 0 bridgehead atoms. The highest BCUT2D eigenvalue weighted by Crippen LogP contribution is 2.31. The van der Waals surface area contributed by atoms with Gasteiger partial charge < -0.3 is 9.66 Å². The van der Waals surface area contributed by atoms with Crippen molar-refractivity contribution in [2.24, 2.45) is 11.5 Å². The Morgan fingerprint density at radius 1 is 0.600 bits per heavy atom. The molecule has 0 aliphatic carbocycles. The zero-order valence-electron chi connectivity index (χ0n) is 36.4. The van der Waals surface area contributed by atoms with Gasteiger partial charge in [-0.15, -0.1) is 0 Å². The first-order valence-electron chi connectivity index (χ1n) is 22.0. The molecule has 3 atom stereocenters. The van der Waals surface area contributed by atoms with Crippen molar-refractivity contribution in [3.8, 4) is 0 Å². The Balaban J connectivity index is 0. The number of aliphatic hydroxyl groups excluding tert-OH is 1. The van der Waals surface area contributed by atoms with Crippen molar-refractivity contribution in [2.45, 2.75) is 219 Å². The van der Waals surface area contributed by atoms with E-state index in [0.29, 0.717) is 12.8 Å². The average molecular weight is 802 g/mol. The minimum atomic E-state index is -4.41. The van der Waals surface area contributed by atoms with Crippen LogP contribution in [-0.4, -0.2) is 72.8 Å². The molecule has 5 N–H and O–H groups in total. The Morgan fingerprint density at radius 3 is 1.11 bits per heavy atom. The molecule has 326 valence electrons. The number of hydrogen-bond donors (Lipinski definition) is 3. The van der Waals surface area contributed by atoms with E-state index in [9.17, 15) is 27.7 Å². The predicted molar refractivity (Wildman–Crippen MR) is 229 cm³/mol.